The van der Waals surface area contributed by atoms with E-state index in [2.05, 4.69) is 17.9 Å². The van der Waals surface area contributed by atoms with Crippen molar-refractivity contribution in [3.8, 4) is 0 Å². The zero-order valence-electron chi connectivity index (χ0n) is 8.07. The Morgan fingerprint density at radius 1 is 1.29 bits per heavy atom. The standard InChI is InChI=1S/C11H14O3/c1-3-5-8-7-10(12)14-11(13)9(8)6-4-2/h3-4,8-9H,1-2,5-7H2. The van der Waals surface area contributed by atoms with Crippen LogP contribution in [0.2, 0.25) is 0 Å². The van der Waals surface area contributed by atoms with Crippen LogP contribution in [0.15, 0.2) is 25.3 Å². The number of carbonyl (C=O) groups excluding carboxylic acids is 2. The van der Waals surface area contributed by atoms with Crippen molar-refractivity contribution in [3.05, 3.63) is 25.3 Å². The van der Waals surface area contributed by atoms with Gasteiger partial charge in [0.25, 0.3) is 0 Å². The third-order valence-electron chi connectivity index (χ3n) is 2.41. The van der Waals surface area contributed by atoms with Gasteiger partial charge in [-0.2, -0.15) is 0 Å². The first-order chi connectivity index (χ1) is 6.69. The van der Waals surface area contributed by atoms with Gasteiger partial charge in [-0.15, -0.1) is 13.2 Å². The Balaban J connectivity index is 2.73. The molecule has 1 fully saturated rings. The van der Waals surface area contributed by atoms with Crippen LogP contribution in [0.3, 0.4) is 0 Å². The van der Waals surface area contributed by atoms with Crippen LogP contribution in [0.5, 0.6) is 0 Å². The van der Waals surface area contributed by atoms with E-state index in [0.717, 1.165) is 0 Å². The van der Waals surface area contributed by atoms with E-state index in [1.54, 1.807) is 12.2 Å². The number of hydrogen-bond acceptors (Lipinski definition) is 3. The van der Waals surface area contributed by atoms with E-state index in [1.807, 2.05) is 0 Å². The van der Waals surface area contributed by atoms with Crippen LogP contribution < -0.4 is 0 Å². The monoisotopic (exact) mass is 194 g/mol. The van der Waals surface area contributed by atoms with Crippen LogP contribution in [0.25, 0.3) is 0 Å². The van der Waals surface area contributed by atoms with Crippen LogP contribution in [0, 0.1) is 11.8 Å². The predicted molar refractivity (Wildman–Crippen MR) is 52.3 cm³/mol. The third kappa shape index (κ3) is 2.31. The quantitative estimate of drug-likeness (QED) is 0.389. The van der Waals surface area contributed by atoms with Gasteiger partial charge in [0, 0.05) is 6.42 Å². The summed E-state index contributed by atoms with van der Waals surface area (Å²) < 4.78 is 4.57. The fraction of sp³-hybridized carbons (Fsp3) is 0.455. The summed E-state index contributed by atoms with van der Waals surface area (Å²) in [5, 5.41) is 0. The number of hydrogen-bond donors (Lipinski definition) is 0. The molecule has 0 saturated carbocycles. The molecule has 0 aromatic heterocycles. The van der Waals surface area contributed by atoms with E-state index in [0.29, 0.717) is 19.3 Å². The van der Waals surface area contributed by atoms with Crippen molar-refractivity contribution in [1.82, 2.24) is 0 Å². The highest BCUT2D eigenvalue weighted by Gasteiger charge is 2.36. The highest BCUT2D eigenvalue weighted by Crippen LogP contribution is 2.29. The lowest BCUT2D eigenvalue weighted by Crippen LogP contribution is -2.35. The fourth-order valence-electron chi connectivity index (χ4n) is 1.71. The van der Waals surface area contributed by atoms with E-state index >= 15 is 0 Å². The Labute approximate surface area is 83.4 Å². The van der Waals surface area contributed by atoms with Gasteiger partial charge in [-0.3, -0.25) is 9.59 Å². The molecule has 0 N–H and O–H groups in total. The van der Waals surface area contributed by atoms with Crippen LogP contribution in [0.4, 0.5) is 0 Å². The first-order valence-electron chi connectivity index (χ1n) is 4.65. The van der Waals surface area contributed by atoms with Gasteiger partial charge in [0.1, 0.15) is 0 Å². The Kier molecular flexibility index (Phi) is 3.63. The van der Waals surface area contributed by atoms with Gasteiger partial charge in [-0.05, 0) is 18.8 Å². The second-order valence-electron chi connectivity index (χ2n) is 3.41. The molecule has 3 heteroatoms. The van der Waals surface area contributed by atoms with Crippen LogP contribution in [0.1, 0.15) is 19.3 Å². The zero-order chi connectivity index (χ0) is 10.6. The lowest BCUT2D eigenvalue weighted by atomic mass is 9.83. The average Bonchev–Trinajstić information content (AvgIpc) is 2.11. The molecule has 2 atom stereocenters. The van der Waals surface area contributed by atoms with E-state index < -0.39 is 11.9 Å². The van der Waals surface area contributed by atoms with Crippen molar-refractivity contribution in [2.24, 2.45) is 11.8 Å². The SMILES string of the molecule is C=CCC1CC(=O)OC(=O)C1CC=C. The minimum atomic E-state index is -0.429. The smallest absolute Gasteiger partial charge is 0.317 e. The molecular weight excluding hydrogens is 180 g/mol. The summed E-state index contributed by atoms with van der Waals surface area (Å²) in [6, 6.07) is 0. The van der Waals surface area contributed by atoms with Crippen molar-refractivity contribution >= 4 is 11.9 Å². The largest absolute Gasteiger partial charge is 0.393 e. The van der Waals surface area contributed by atoms with E-state index in [-0.39, 0.29) is 11.8 Å². The van der Waals surface area contributed by atoms with E-state index in [4.69, 9.17) is 0 Å². The van der Waals surface area contributed by atoms with Gasteiger partial charge in [0.05, 0.1) is 5.92 Å². The Hall–Kier alpha value is -1.38. The molecule has 14 heavy (non-hydrogen) atoms. The summed E-state index contributed by atoms with van der Waals surface area (Å²) in [5.41, 5.74) is 0. The summed E-state index contributed by atoms with van der Waals surface area (Å²) in [4.78, 5) is 22.4. The lowest BCUT2D eigenvalue weighted by molar-refractivity contribution is -0.170. The Morgan fingerprint density at radius 2 is 1.93 bits per heavy atom. The number of carbonyl (C=O) groups is 2. The molecule has 0 bridgehead atoms. The zero-order valence-corrected chi connectivity index (χ0v) is 8.07. The van der Waals surface area contributed by atoms with Crippen molar-refractivity contribution in [2.75, 3.05) is 0 Å². The molecule has 0 aromatic rings. The lowest BCUT2D eigenvalue weighted by Gasteiger charge is -2.27. The van der Waals surface area contributed by atoms with E-state index in [1.165, 1.54) is 0 Å². The molecule has 1 aliphatic heterocycles. The van der Waals surface area contributed by atoms with Gasteiger partial charge in [0.2, 0.25) is 0 Å². The number of esters is 2. The van der Waals surface area contributed by atoms with Gasteiger partial charge < -0.3 is 4.74 Å². The first kappa shape index (κ1) is 10.7. The number of ether oxygens (including phenoxy) is 1. The second-order valence-corrected chi connectivity index (χ2v) is 3.41. The molecule has 0 aliphatic carbocycles. The molecule has 1 heterocycles. The molecule has 0 spiro atoms. The molecule has 2 unspecified atom stereocenters. The normalized spacial score (nSPS) is 26.9. The highest BCUT2D eigenvalue weighted by atomic mass is 16.6. The van der Waals surface area contributed by atoms with Crippen molar-refractivity contribution < 1.29 is 14.3 Å². The summed E-state index contributed by atoms with van der Waals surface area (Å²) in [5.74, 6) is -1.06. The summed E-state index contributed by atoms with van der Waals surface area (Å²) >= 11 is 0. The third-order valence-corrected chi connectivity index (χ3v) is 2.41. The Morgan fingerprint density at radius 3 is 2.50 bits per heavy atom. The first-order valence-corrected chi connectivity index (χ1v) is 4.65. The minimum Gasteiger partial charge on any atom is -0.393 e. The van der Waals surface area contributed by atoms with Gasteiger partial charge in [0.15, 0.2) is 0 Å². The average molecular weight is 194 g/mol. The van der Waals surface area contributed by atoms with Crippen LogP contribution in [-0.4, -0.2) is 11.9 Å². The van der Waals surface area contributed by atoms with E-state index in [9.17, 15) is 9.59 Å². The number of rotatable bonds is 4. The van der Waals surface area contributed by atoms with Crippen molar-refractivity contribution in [1.29, 1.82) is 0 Å². The molecule has 1 saturated heterocycles. The van der Waals surface area contributed by atoms with Crippen LogP contribution >= 0.6 is 0 Å². The fourth-order valence-corrected chi connectivity index (χ4v) is 1.71. The molecule has 76 valence electrons. The molecule has 1 aliphatic rings. The summed E-state index contributed by atoms with van der Waals surface area (Å²) in [6.45, 7) is 7.19. The molecule has 3 nitrogen and oxygen atoms in total. The topological polar surface area (TPSA) is 43.4 Å². The van der Waals surface area contributed by atoms with Gasteiger partial charge in [-0.25, -0.2) is 0 Å². The second kappa shape index (κ2) is 4.74. The number of allylic oxidation sites excluding steroid dienone is 2. The van der Waals surface area contributed by atoms with Crippen molar-refractivity contribution in [3.63, 3.8) is 0 Å². The maximum atomic E-state index is 11.4. The minimum absolute atomic E-state index is 0.0271. The molecular formula is C11H14O3. The summed E-state index contributed by atoms with van der Waals surface area (Å²) in [6.07, 6.45) is 4.94. The van der Waals surface area contributed by atoms with Crippen LogP contribution in [-0.2, 0) is 14.3 Å². The maximum absolute atomic E-state index is 11.4. The predicted octanol–water partition coefficient (Wildman–Crippen LogP) is 1.84. The number of cyclic esters (lactones) is 2. The Bertz CT molecular complexity index is 268. The highest BCUT2D eigenvalue weighted by molar-refractivity contribution is 5.90. The molecule has 1 rings (SSSR count). The maximum Gasteiger partial charge on any atom is 0.317 e. The van der Waals surface area contributed by atoms with Crippen molar-refractivity contribution in [2.45, 2.75) is 19.3 Å². The molecule has 0 radical (unpaired) electrons. The molecule has 0 aromatic carbocycles. The summed E-state index contributed by atoms with van der Waals surface area (Å²) in [7, 11) is 0. The molecule has 0 amide bonds. The van der Waals surface area contributed by atoms with Gasteiger partial charge in [-0.1, -0.05) is 12.2 Å². The van der Waals surface area contributed by atoms with Gasteiger partial charge >= 0.3 is 11.9 Å².